The average molecular weight is 407 g/mol. The lowest BCUT2D eigenvalue weighted by Gasteiger charge is -2.25. The number of hydrogen-bond donors (Lipinski definition) is 0. The Hall–Kier alpha value is -0.720. The summed E-state index contributed by atoms with van der Waals surface area (Å²) in [6, 6.07) is 0. The normalized spacial score (nSPS) is 13.2. The Bertz CT molecular complexity index is 348. The fourth-order valence-electron chi connectivity index (χ4n) is 4.16. The standard InChI is InChI=1S/C28H54O/c1-7-11-15-17-19-23-27(21-13-9-3)25(5)29-26(6)28(22-14-10-4)24-20-18-16-12-8-2/h27-28H,5-24H2,1-4H3. The number of ether oxygens (including phenoxy) is 1. The molecule has 0 bridgehead atoms. The summed E-state index contributed by atoms with van der Waals surface area (Å²) in [4.78, 5) is 0. The number of hydrogen-bond acceptors (Lipinski definition) is 1. The minimum absolute atomic E-state index is 0.504. The Morgan fingerprint density at radius 3 is 1.14 bits per heavy atom. The van der Waals surface area contributed by atoms with E-state index >= 15 is 0 Å². The molecule has 0 amide bonds. The molecule has 0 rings (SSSR count). The third kappa shape index (κ3) is 15.7. The van der Waals surface area contributed by atoms with Gasteiger partial charge in [-0.25, -0.2) is 0 Å². The maximum atomic E-state index is 6.34. The molecule has 0 aromatic carbocycles. The van der Waals surface area contributed by atoms with Crippen LogP contribution in [0.1, 0.15) is 143 Å². The van der Waals surface area contributed by atoms with Gasteiger partial charge in [-0.1, -0.05) is 131 Å². The van der Waals surface area contributed by atoms with Crippen LogP contribution in [0.25, 0.3) is 0 Å². The van der Waals surface area contributed by atoms with Crippen molar-refractivity contribution < 1.29 is 4.74 Å². The second kappa shape index (κ2) is 20.5. The van der Waals surface area contributed by atoms with Crippen molar-refractivity contribution in [3.8, 4) is 0 Å². The number of allylic oxidation sites excluding steroid dienone is 2. The molecule has 0 aromatic heterocycles. The predicted octanol–water partition coefficient (Wildman–Crippen LogP) is 10.4. The van der Waals surface area contributed by atoms with E-state index in [0.717, 1.165) is 11.5 Å². The van der Waals surface area contributed by atoms with E-state index in [2.05, 4.69) is 40.9 Å². The maximum absolute atomic E-state index is 6.34. The summed E-state index contributed by atoms with van der Waals surface area (Å²) < 4.78 is 6.34. The third-order valence-electron chi connectivity index (χ3n) is 6.30. The van der Waals surface area contributed by atoms with Crippen molar-refractivity contribution in [1.82, 2.24) is 0 Å². The summed E-state index contributed by atoms with van der Waals surface area (Å²) >= 11 is 0. The van der Waals surface area contributed by atoms with Gasteiger partial charge in [-0.3, -0.25) is 0 Å². The Kier molecular flexibility index (Phi) is 20.0. The van der Waals surface area contributed by atoms with Crippen LogP contribution in [-0.2, 0) is 4.74 Å². The first-order chi connectivity index (χ1) is 14.1. The quantitative estimate of drug-likeness (QED) is 0.128. The van der Waals surface area contributed by atoms with Gasteiger partial charge in [0.25, 0.3) is 0 Å². The maximum Gasteiger partial charge on any atom is 0.0995 e. The lowest BCUT2D eigenvalue weighted by molar-refractivity contribution is 0.196. The molecular formula is C28H54O. The largest absolute Gasteiger partial charge is 0.467 e. The Labute approximate surface area is 184 Å². The van der Waals surface area contributed by atoms with Gasteiger partial charge < -0.3 is 4.74 Å². The molecule has 172 valence electrons. The van der Waals surface area contributed by atoms with Gasteiger partial charge in [-0.2, -0.15) is 0 Å². The molecule has 1 nitrogen and oxygen atoms in total. The molecule has 2 unspecified atom stereocenters. The Balaban J connectivity index is 4.58. The fraction of sp³-hybridized carbons (Fsp3) is 0.857. The van der Waals surface area contributed by atoms with Gasteiger partial charge in [-0.15, -0.1) is 0 Å². The van der Waals surface area contributed by atoms with E-state index in [1.807, 2.05) is 0 Å². The smallest absolute Gasteiger partial charge is 0.0995 e. The minimum Gasteiger partial charge on any atom is -0.467 e. The van der Waals surface area contributed by atoms with E-state index in [4.69, 9.17) is 4.74 Å². The Morgan fingerprint density at radius 1 is 0.483 bits per heavy atom. The van der Waals surface area contributed by atoms with Crippen LogP contribution in [0, 0.1) is 11.8 Å². The molecule has 0 heterocycles. The summed E-state index contributed by atoms with van der Waals surface area (Å²) in [5.74, 6) is 2.99. The molecule has 0 aliphatic rings. The lowest BCUT2D eigenvalue weighted by atomic mass is 9.92. The van der Waals surface area contributed by atoms with E-state index < -0.39 is 0 Å². The van der Waals surface area contributed by atoms with Crippen LogP contribution in [0.2, 0.25) is 0 Å². The van der Waals surface area contributed by atoms with E-state index in [1.165, 1.54) is 116 Å². The second-order valence-electron chi connectivity index (χ2n) is 9.12. The van der Waals surface area contributed by atoms with Crippen molar-refractivity contribution in [2.24, 2.45) is 11.8 Å². The molecule has 0 saturated heterocycles. The van der Waals surface area contributed by atoms with Crippen molar-refractivity contribution in [2.45, 2.75) is 143 Å². The van der Waals surface area contributed by atoms with Gasteiger partial charge in [0.1, 0.15) is 0 Å². The Morgan fingerprint density at radius 2 is 0.793 bits per heavy atom. The van der Waals surface area contributed by atoms with Crippen molar-refractivity contribution >= 4 is 0 Å². The molecule has 1 heteroatoms. The molecule has 0 saturated carbocycles. The summed E-state index contributed by atoms with van der Waals surface area (Å²) in [5, 5.41) is 0. The second-order valence-corrected chi connectivity index (χ2v) is 9.12. The molecule has 0 aliphatic heterocycles. The topological polar surface area (TPSA) is 9.23 Å². The highest BCUT2D eigenvalue weighted by Crippen LogP contribution is 2.31. The van der Waals surface area contributed by atoms with Crippen molar-refractivity contribution in [3.05, 3.63) is 24.7 Å². The van der Waals surface area contributed by atoms with E-state index in [1.54, 1.807) is 0 Å². The zero-order valence-corrected chi connectivity index (χ0v) is 20.7. The van der Waals surface area contributed by atoms with Crippen molar-refractivity contribution in [1.29, 1.82) is 0 Å². The molecule has 29 heavy (non-hydrogen) atoms. The highest BCUT2D eigenvalue weighted by molar-refractivity contribution is 5.01. The van der Waals surface area contributed by atoms with Crippen LogP contribution in [-0.4, -0.2) is 0 Å². The summed E-state index contributed by atoms with van der Waals surface area (Å²) in [6.45, 7) is 17.8. The summed E-state index contributed by atoms with van der Waals surface area (Å²) in [6.07, 6.45) is 23.3. The predicted molar refractivity (Wildman–Crippen MR) is 132 cm³/mol. The van der Waals surface area contributed by atoms with Crippen LogP contribution in [0.15, 0.2) is 24.7 Å². The zero-order valence-electron chi connectivity index (χ0n) is 20.7. The molecule has 0 fully saturated rings. The molecule has 0 radical (unpaired) electrons. The molecule has 0 aromatic rings. The molecular weight excluding hydrogens is 352 g/mol. The first-order valence-electron chi connectivity index (χ1n) is 13.2. The minimum atomic E-state index is 0.504. The van der Waals surface area contributed by atoms with Crippen LogP contribution in [0.3, 0.4) is 0 Å². The van der Waals surface area contributed by atoms with Gasteiger partial charge >= 0.3 is 0 Å². The van der Waals surface area contributed by atoms with Gasteiger partial charge in [-0.05, 0) is 25.7 Å². The van der Waals surface area contributed by atoms with Crippen molar-refractivity contribution in [3.63, 3.8) is 0 Å². The van der Waals surface area contributed by atoms with Crippen LogP contribution < -0.4 is 0 Å². The summed E-state index contributed by atoms with van der Waals surface area (Å²) in [7, 11) is 0. The van der Waals surface area contributed by atoms with Gasteiger partial charge in [0, 0.05) is 11.8 Å². The molecule has 0 spiro atoms. The third-order valence-corrected chi connectivity index (χ3v) is 6.30. The fourth-order valence-corrected chi connectivity index (χ4v) is 4.16. The zero-order chi connectivity index (χ0) is 21.7. The summed E-state index contributed by atoms with van der Waals surface area (Å²) in [5.41, 5.74) is 0. The van der Waals surface area contributed by atoms with Gasteiger partial charge in [0.15, 0.2) is 0 Å². The number of rotatable bonds is 22. The highest BCUT2D eigenvalue weighted by atomic mass is 16.5. The van der Waals surface area contributed by atoms with E-state index in [9.17, 15) is 0 Å². The van der Waals surface area contributed by atoms with Crippen LogP contribution in [0.5, 0.6) is 0 Å². The van der Waals surface area contributed by atoms with Gasteiger partial charge in [0.2, 0.25) is 0 Å². The SMILES string of the molecule is C=C(OC(=C)C(CCCC)CCCCCCC)C(CCCC)CCCCCCC. The van der Waals surface area contributed by atoms with E-state index in [0.29, 0.717) is 11.8 Å². The van der Waals surface area contributed by atoms with Crippen LogP contribution in [0.4, 0.5) is 0 Å². The first kappa shape index (κ1) is 28.3. The molecule has 0 aliphatic carbocycles. The monoisotopic (exact) mass is 406 g/mol. The van der Waals surface area contributed by atoms with Gasteiger partial charge in [0.05, 0.1) is 11.5 Å². The van der Waals surface area contributed by atoms with Crippen LogP contribution >= 0.6 is 0 Å². The van der Waals surface area contributed by atoms with E-state index in [-0.39, 0.29) is 0 Å². The average Bonchev–Trinajstić information content (AvgIpc) is 2.71. The molecule has 0 N–H and O–H groups in total. The van der Waals surface area contributed by atoms with Crippen molar-refractivity contribution in [2.75, 3.05) is 0 Å². The first-order valence-corrected chi connectivity index (χ1v) is 13.2. The number of unbranched alkanes of at least 4 members (excludes halogenated alkanes) is 10. The molecule has 2 atom stereocenters. The highest BCUT2D eigenvalue weighted by Gasteiger charge is 2.19. The lowest BCUT2D eigenvalue weighted by Crippen LogP contribution is -2.12.